The molecule has 2 heterocycles. The van der Waals surface area contributed by atoms with Crippen molar-refractivity contribution in [3.63, 3.8) is 0 Å². The lowest BCUT2D eigenvalue weighted by atomic mass is 10.4. The number of furan rings is 1. The van der Waals surface area contributed by atoms with Gasteiger partial charge in [-0.3, -0.25) is 4.68 Å². The largest absolute Gasteiger partial charge is 0.475 e. The highest BCUT2D eigenvalue weighted by molar-refractivity contribution is 5.84. The molecule has 2 aromatic heterocycles. The highest BCUT2D eigenvalue weighted by Gasteiger charge is 2.07. The van der Waals surface area contributed by atoms with E-state index in [0.29, 0.717) is 12.4 Å². The van der Waals surface area contributed by atoms with Crippen LogP contribution in [0.5, 0.6) is 0 Å². The van der Waals surface area contributed by atoms with E-state index >= 15 is 0 Å². The van der Waals surface area contributed by atoms with Crippen LogP contribution in [-0.4, -0.2) is 27.4 Å². The van der Waals surface area contributed by atoms with Crippen LogP contribution in [0.2, 0.25) is 0 Å². The summed E-state index contributed by atoms with van der Waals surface area (Å²) in [6, 6.07) is 4.91. The van der Waals surface area contributed by atoms with Crippen LogP contribution in [0.1, 0.15) is 17.0 Å². The number of anilines is 1. The van der Waals surface area contributed by atoms with Crippen LogP contribution in [0.15, 0.2) is 35.0 Å². The molecule has 2 rings (SSSR count). The first-order valence-electron chi connectivity index (χ1n) is 5.30. The molecule has 0 spiro atoms. The number of hydrogen-bond acceptors (Lipinski definition) is 4. The van der Waals surface area contributed by atoms with E-state index in [-0.39, 0.29) is 5.76 Å². The van der Waals surface area contributed by atoms with Crippen molar-refractivity contribution in [2.24, 2.45) is 0 Å². The van der Waals surface area contributed by atoms with E-state index in [1.807, 2.05) is 16.9 Å². The minimum atomic E-state index is -1.06. The lowest BCUT2D eigenvalue weighted by Crippen LogP contribution is -2.06. The summed E-state index contributed by atoms with van der Waals surface area (Å²) in [5.74, 6) is -0.642. The van der Waals surface area contributed by atoms with E-state index < -0.39 is 5.97 Å². The summed E-state index contributed by atoms with van der Waals surface area (Å²) < 4.78 is 6.89. The Morgan fingerprint density at radius 2 is 2.41 bits per heavy atom. The van der Waals surface area contributed by atoms with E-state index in [9.17, 15) is 4.79 Å². The number of carboxylic acid groups (broad SMARTS) is 1. The summed E-state index contributed by atoms with van der Waals surface area (Å²) >= 11 is 0. The van der Waals surface area contributed by atoms with Gasteiger partial charge in [-0.15, -0.1) is 0 Å². The standard InChI is InChI=1S/C11H13N3O3/c15-11(16)9-3-4-10(17-9)12-5-1-7-14-8-2-6-13-14/h2-4,6,8,12H,1,5,7H2,(H,15,16). The Morgan fingerprint density at radius 3 is 3.06 bits per heavy atom. The van der Waals surface area contributed by atoms with Crippen molar-refractivity contribution in [1.82, 2.24) is 9.78 Å². The minimum absolute atomic E-state index is 0.0559. The predicted octanol–water partition coefficient (Wildman–Crippen LogP) is 1.68. The number of rotatable bonds is 6. The van der Waals surface area contributed by atoms with Crippen LogP contribution in [-0.2, 0) is 6.54 Å². The highest BCUT2D eigenvalue weighted by Crippen LogP contribution is 2.12. The third-order valence-corrected chi connectivity index (χ3v) is 2.24. The number of carboxylic acids is 1. The Morgan fingerprint density at radius 1 is 1.53 bits per heavy atom. The van der Waals surface area contributed by atoms with Crippen LogP contribution < -0.4 is 5.32 Å². The van der Waals surface area contributed by atoms with Gasteiger partial charge in [-0.05, 0) is 18.6 Å². The normalized spacial score (nSPS) is 10.4. The average molecular weight is 235 g/mol. The summed E-state index contributed by atoms with van der Waals surface area (Å²) in [4.78, 5) is 10.6. The van der Waals surface area contributed by atoms with E-state index in [4.69, 9.17) is 9.52 Å². The Kier molecular flexibility index (Phi) is 3.44. The molecule has 0 unspecified atom stereocenters. The summed E-state index contributed by atoms with van der Waals surface area (Å²) in [5, 5.41) is 15.7. The van der Waals surface area contributed by atoms with Gasteiger partial charge < -0.3 is 14.8 Å². The predicted molar refractivity (Wildman–Crippen MR) is 61.0 cm³/mol. The molecule has 2 aromatic rings. The number of aromatic nitrogens is 2. The molecule has 0 radical (unpaired) electrons. The first-order valence-corrected chi connectivity index (χ1v) is 5.30. The molecule has 2 N–H and O–H groups in total. The molecule has 0 aliphatic heterocycles. The fourth-order valence-corrected chi connectivity index (χ4v) is 1.43. The lowest BCUT2D eigenvalue weighted by molar-refractivity contribution is 0.0663. The van der Waals surface area contributed by atoms with Crippen molar-refractivity contribution >= 4 is 11.9 Å². The van der Waals surface area contributed by atoms with Gasteiger partial charge in [-0.25, -0.2) is 4.79 Å². The quantitative estimate of drug-likeness (QED) is 0.744. The monoisotopic (exact) mass is 235 g/mol. The summed E-state index contributed by atoms with van der Waals surface area (Å²) in [6.45, 7) is 1.51. The highest BCUT2D eigenvalue weighted by atomic mass is 16.4. The van der Waals surface area contributed by atoms with E-state index in [0.717, 1.165) is 13.0 Å². The topological polar surface area (TPSA) is 80.3 Å². The maximum atomic E-state index is 10.6. The minimum Gasteiger partial charge on any atom is -0.475 e. The molecule has 0 aliphatic carbocycles. The molecule has 0 amide bonds. The van der Waals surface area contributed by atoms with E-state index in [2.05, 4.69) is 10.4 Å². The van der Waals surface area contributed by atoms with Gasteiger partial charge in [0, 0.05) is 31.5 Å². The summed E-state index contributed by atoms with van der Waals surface area (Å²) in [6.07, 6.45) is 4.51. The Balaban J connectivity index is 1.72. The van der Waals surface area contributed by atoms with Crippen LogP contribution >= 0.6 is 0 Å². The third-order valence-electron chi connectivity index (χ3n) is 2.24. The maximum absolute atomic E-state index is 10.6. The molecule has 0 aliphatic rings. The molecule has 17 heavy (non-hydrogen) atoms. The van der Waals surface area contributed by atoms with Crippen molar-refractivity contribution in [1.29, 1.82) is 0 Å². The second-order valence-electron chi connectivity index (χ2n) is 3.52. The first-order chi connectivity index (χ1) is 8.25. The number of aromatic carboxylic acids is 1. The Labute approximate surface area is 97.9 Å². The van der Waals surface area contributed by atoms with Crippen LogP contribution in [0.4, 0.5) is 5.88 Å². The molecular weight excluding hydrogens is 222 g/mol. The van der Waals surface area contributed by atoms with Crippen LogP contribution in [0.3, 0.4) is 0 Å². The SMILES string of the molecule is O=C(O)c1ccc(NCCCn2cccn2)o1. The first kappa shape index (κ1) is 11.3. The maximum Gasteiger partial charge on any atom is 0.371 e. The molecule has 0 atom stereocenters. The van der Waals surface area contributed by atoms with E-state index in [1.54, 1.807) is 12.3 Å². The molecule has 0 aromatic carbocycles. The number of aryl methyl sites for hydroxylation is 1. The number of nitrogens with one attached hydrogen (secondary N) is 1. The second-order valence-corrected chi connectivity index (χ2v) is 3.52. The zero-order valence-corrected chi connectivity index (χ0v) is 9.17. The Hall–Kier alpha value is -2.24. The van der Waals surface area contributed by atoms with Gasteiger partial charge in [0.1, 0.15) is 0 Å². The molecule has 0 saturated carbocycles. The molecule has 6 nitrogen and oxygen atoms in total. The zero-order valence-electron chi connectivity index (χ0n) is 9.17. The summed E-state index contributed by atoms with van der Waals surface area (Å²) in [7, 11) is 0. The molecule has 6 heteroatoms. The van der Waals surface area contributed by atoms with Gasteiger partial charge in [-0.1, -0.05) is 0 Å². The van der Waals surface area contributed by atoms with Gasteiger partial charge in [0.05, 0.1) is 0 Å². The Bertz CT molecular complexity index is 476. The van der Waals surface area contributed by atoms with Crippen molar-refractivity contribution < 1.29 is 14.3 Å². The molecule has 0 fully saturated rings. The molecule has 90 valence electrons. The second kappa shape index (κ2) is 5.20. The molecular formula is C11H13N3O3. The van der Waals surface area contributed by atoms with Gasteiger partial charge in [0.15, 0.2) is 5.88 Å². The van der Waals surface area contributed by atoms with Gasteiger partial charge in [-0.2, -0.15) is 5.10 Å². The molecule has 0 bridgehead atoms. The van der Waals surface area contributed by atoms with Crippen LogP contribution in [0.25, 0.3) is 0 Å². The zero-order chi connectivity index (χ0) is 12.1. The van der Waals surface area contributed by atoms with Gasteiger partial charge >= 0.3 is 5.97 Å². The van der Waals surface area contributed by atoms with Crippen molar-refractivity contribution in [2.75, 3.05) is 11.9 Å². The third kappa shape index (κ3) is 3.10. The van der Waals surface area contributed by atoms with Gasteiger partial charge in [0.25, 0.3) is 0 Å². The average Bonchev–Trinajstić information content (AvgIpc) is 2.96. The number of carbonyl (C=O) groups is 1. The fraction of sp³-hybridized carbons (Fsp3) is 0.273. The molecule has 0 saturated heterocycles. The smallest absolute Gasteiger partial charge is 0.371 e. The lowest BCUT2D eigenvalue weighted by Gasteiger charge is -2.03. The number of hydrogen-bond donors (Lipinski definition) is 2. The van der Waals surface area contributed by atoms with Gasteiger partial charge in [0.2, 0.25) is 5.76 Å². The number of nitrogens with zero attached hydrogens (tertiary/aromatic N) is 2. The van der Waals surface area contributed by atoms with E-state index in [1.165, 1.54) is 6.07 Å². The van der Waals surface area contributed by atoms with Crippen molar-refractivity contribution in [3.8, 4) is 0 Å². The summed E-state index contributed by atoms with van der Waals surface area (Å²) in [5.41, 5.74) is 0. The van der Waals surface area contributed by atoms with Crippen molar-refractivity contribution in [3.05, 3.63) is 36.4 Å². The van der Waals surface area contributed by atoms with Crippen molar-refractivity contribution in [2.45, 2.75) is 13.0 Å². The van der Waals surface area contributed by atoms with Crippen LogP contribution in [0, 0.1) is 0 Å². The fourth-order valence-electron chi connectivity index (χ4n) is 1.43.